The van der Waals surface area contributed by atoms with Crippen LogP contribution in [-0.4, -0.2) is 0 Å². The number of hydrogen-bond donors (Lipinski definition) is 0. The van der Waals surface area contributed by atoms with Crippen molar-refractivity contribution in [2.45, 2.75) is 51.9 Å². The summed E-state index contributed by atoms with van der Waals surface area (Å²) in [5.41, 5.74) is 3.31. The van der Waals surface area contributed by atoms with Gasteiger partial charge in [0.1, 0.15) is 0 Å². The molecule has 0 saturated heterocycles. The Balaban J connectivity index is 2.23. The minimum Gasteiger partial charge on any atom is -0.129 e. The SMILES string of the molecule is CCCC=C=CC1CCCCC1. The molecule has 1 aliphatic carbocycles. The maximum absolute atomic E-state index is 3.31. The largest absolute Gasteiger partial charge is 0.129 e. The Morgan fingerprint density at radius 3 is 2.67 bits per heavy atom. The highest BCUT2D eigenvalue weighted by atomic mass is 14.1. The standard InChI is InChI=1S/C12H20/c1-2-3-4-6-9-12-10-7-5-8-11-12/h4,9,12H,2-3,5,7-8,10-11H2,1H3. The third-order valence-corrected chi connectivity index (χ3v) is 2.53. The molecule has 12 heavy (non-hydrogen) atoms. The molecule has 0 spiro atoms. The summed E-state index contributed by atoms with van der Waals surface area (Å²) in [4.78, 5) is 0. The zero-order valence-corrected chi connectivity index (χ0v) is 8.18. The maximum atomic E-state index is 3.31. The molecule has 0 aromatic heterocycles. The van der Waals surface area contributed by atoms with Crippen molar-refractivity contribution in [2.24, 2.45) is 5.92 Å². The molecule has 0 atom stereocenters. The van der Waals surface area contributed by atoms with Crippen LogP contribution in [-0.2, 0) is 0 Å². The van der Waals surface area contributed by atoms with Crippen LogP contribution < -0.4 is 0 Å². The summed E-state index contributed by atoms with van der Waals surface area (Å²) in [6.45, 7) is 2.21. The van der Waals surface area contributed by atoms with Crippen LogP contribution in [0, 0.1) is 5.92 Å². The maximum Gasteiger partial charge on any atom is -0.0158 e. The second kappa shape index (κ2) is 6.08. The first kappa shape index (κ1) is 9.61. The van der Waals surface area contributed by atoms with Gasteiger partial charge in [0.05, 0.1) is 0 Å². The van der Waals surface area contributed by atoms with Crippen LogP contribution in [0.1, 0.15) is 51.9 Å². The lowest BCUT2D eigenvalue weighted by Crippen LogP contribution is -2.01. The Labute approximate surface area is 76.4 Å². The molecule has 0 aromatic rings. The molecule has 0 aromatic carbocycles. The predicted octanol–water partition coefficient (Wildman–Crippen LogP) is 4.08. The van der Waals surface area contributed by atoms with E-state index in [1.54, 1.807) is 0 Å². The topological polar surface area (TPSA) is 0 Å². The summed E-state index contributed by atoms with van der Waals surface area (Å²) in [5, 5.41) is 0. The van der Waals surface area contributed by atoms with Gasteiger partial charge in [0.25, 0.3) is 0 Å². The molecule has 1 fully saturated rings. The Morgan fingerprint density at radius 1 is 1.25 bits per heavy atom. The molecule has 1 aliphatic rings. The van der Waals surface area contributed by atoms with Crippen LogP contribution in [0.5, 0.6) is 0 Å². The van der Waals surface area contributed by atoms with Crippen LogP contribution in [0.4, 0.5) is 0 Å². The van der Waals surface area contributed by atoms with E-state index in [4.69, 9.17) is 0 Å². The van der Waals surface area contributed by atoms with Crippen molar-refractivity contribution >= 4 is 0 Å². The van der Waals surface area contributed by atoms with Gasteiger partial charge in [-0.1, -0.05) is 32.6 Å². The Morgan fingerprint density at radius 2 is 2.00 bits per heavy atom. The molecule has 0 nitrogen and oxygen atoms in total. The van der Waals surface area contributed by atoms with Crippen molar-refractivity contribution in [3.63, 3.8) is 0 Å². The van der Waals surface area contributed by atoms with Gasteiger partial charge in [-0.2, -0.15) is 0 Å². The van der Waals surface area contributed by atoms with E-state index in [9.17, 15) is 0 Å². The average molecular weight is 164 g/mol. The van der Waals surface area contributed by atoms with Gasteiger partial charge >= 0.3 is 0 Å². The first-order chi connectivity index (χ1) is 5.93. The van der Waals surface area contributed by atoms with Crippen LogP contribution in [0.3, 0.4) is 0 Å². The lowest BCUT2D eigenvalue weighted by molar-refractivity contribution is 0.419. The van der Waals surface area contributed by atoms with Gasteiger partial charge in [-0.25, -0.2) is 0 Å². The van der Waals surface area contributed by atoms with Crippen molar-refractivity contribution in [3.8, 4) is 0 Å². The van der Waals surface area contributed by atoms with E-state index in [0.29, 0.717) is 0 Å². The first-order valence-electron chi connectivity index (χ1n) is 5.34. The first-order valence-corrected chi connectivity index (χ1v) is 5.34. The monoisotopic (exact) mass is 164 g/mol. The fraction of sp³-hybridized carbons (Fsp3) is 0.750. The number of rotatable bonds is 3. The minimum absolute atomic E-state index is 0.840. The van der Waals surface area contributed by atoms with Gasteiger partial charge in [-0.05, 0) is 37.3 Å². The number of hydrogen-bond acceptors (Lipinski definition) is 0. The fourth-order valence-electron chi connectivity index (χ4n) is 1.73. The summed E-state index contributed by atoms with van der Waals surface area (Å²) in [6.07, 6.45) is 14.0. The molecular weight excluding hydrogens is 144 g/mol. The molecule has 0 N–H and O–H groups in total. The predicted molar refractivity (Wildman–Crippen MR) is 54.1 cm³/mol. The molecule has 0 unspecified atom stereocenters. The lowest BCUT2D eigenvalue weighted by Gasteiger charge is -2.16. The third-order valence-electron chi connectivity index (χ3n) is 2.53. The van der Waals surface area contributed by atoms with E-state index in [0.717, 1.165) is 5.92 Å². The van der Waals surface area contributed by atoms with Gasteiger partial charge in [0.2, 0.25) is 0 Å². The average Bonchev–Trinajstić information content (AvgIpc) is 2.14. The molecule has 68 valence electrons. The molecule has 0 radical (unpaired) electrons. The van der Waals surface area contributed by atoms with E-state index in [2.05, 4.69) is 24.8 Å². The molecule has 1 saturated carbocycles. The van der Waals surface area contributed by atoms with Crippen molar-refractivity contribution in [1.29, 1.82) is 0 Å². The second-order valence-corrected chi connectivity index (χ2v) is 3.72. The Bertz CT molecular complexity index is 155. The van der Waals surface area contributed by atoms with Gasteiger partial charge in [-0.3, -0.25) is 0 Å². The van der Waals surface area contributed by atoms with E-state index in [1.807, 2.05) is 0 Å². The number of allylic oxidation sites excluding steroid dienone is 1. The van der Waals surface area contributed by atoms with E-state index in [-0.39, 0.29) is 0 Å². The number of unbranched alkanes of at least 4 members (excludes halogenated alkanes) is 1. The van der Waals surface area contributed by atoms with Gasteiger partial charge in [-0.15, -0.1) is 5.73 Å². The summed E-state index contributed by atoms with van der Waals surface area (Å²) in [6, 6.07) is 0. The molecule has 0 amide bonds. The van der Waals surface area contributed by atoms with Gasteiger partial charge in [0, 0.05) is 0 Å². The van der Waals surface area contributed by atoms with E-state index in [1.165, 1.54) is 44.9 Å². The molecule has 1 rings (SSSR count). The zero-order valence-electron chi connectivity index (χ0n) is 8.18. The molecule has 0 heteroatoms. The van der Waals surface area contributed by atoms with Gasteiger partial charge < -0.3 is 0 Å². The molecule has 0 heterocycles. The summed E-state index contributed by atoms with van der Waals surface area (Å²) < 4.78 is 0. The summed E-state index contributed by atoms with van der Waals surface area (Å²) in [7, 11) is 0. The van der Waals surface area contributed by atoms with Crippen molar-refractivity contribution in [1.82, 2.24) is 0 Å². The Kier molecular flexibility index (Phi) is 4.87. The van der Waals surface area contributed by atoms with Crippen molar-refractivity contribution in [2.75, 3.05) is 0 Å². The van der Waals surface area contributed by atoms with Crippen molar-refractivity contribution < 1.29 is 0 Å². The Hall–Kier alpha value is -0.480. The van der Waals surface area contributed by atoms with Gasteiger partial charge in [0.15, 0.2) is 0 Å². The van der Waals surface area contributed by atoms with E-state index < -0.39 is 0 Å². The normalized spacial score (nSPS) is 18.4. The summed E-state index contributed by atoms with van der Waals surface area (Å²) >= 11 is 0. The van der Waals surface area contributed by atoms with E-state index >= 15 is 0 Å². The quantitative estimate of drug-likeness (QED) is 0.551. The van der Waals surface area contributed by atoms with Crippen LogP contribution in [0.25, 0.3) is 0 Å². The van der Waals surface area contributed by atoms with Crippen LogP contribution in [0.2, 0.25) is 0 Å². The lowest BCUT2D eigenvalue weighted by atomic mass is 9.89. The third kappa shape index (κ3) is 3.78. The highest BCUT2D eigenvalue weighted by Crippen LogP contribution is 2.23. The zero-order chi connectivity index (χ0) is 8.65. The smallest absolute Gasteiger partial charge is 0.0158 e. The summed E-state index contributed by atoms with van der Waals surface area (Å²) in [5.74, 6) is 0.840. The molecular formula is C12H20. The fourth-order valence-corrected chi connectivity index (χ4v) is 1.73. The minimum atomic E-state index is 0.840. The molecule has 0 aliphatic heterocycles. The molecule has 0 bridgehead atoms. The second-order valence-electron chi connectivity index (χ2n) is 3.72. The van der Waals surface area contributed by atoms with Crippen LogP contribution in [0.15, 0.2) is 17.9 Å². The highest BCUT2D eigenvalue weighted by Gasteiger charge is 2.08. The van der Waals surface area contributed by atoms with Crippen molar-refractivity contribution in [3.05, 3.63) is 17.9 Å². The van der Waals surface area contributed by atoms with Crippen LogP contribution >= 0.6 is 0 Å². The highest BCUT2D eigenvalue weighted by molar-refractivity contribution is 4.90.